The molecular formula is C10H11N2O+. The Labute approximate surface area is 75.9 Å². The van der Waals surface area contributed by atoms with Gasteiger partial charge in [0.1, 0.15) is 0 Å². The summed E-state index contributed by atoms with van der Waals surface area (Å²) in [5.41, 5.74) is 2.07. The Morgan fingerprint density at radius 3 is 2.92 bits per heavy atom. The predicted octanol–water partition coefficient (Wildman–Crippen LogP) is 1.62. The summed E-state index contributed by atoms with van der Waals surface area (Å²) in [6.07, 6.45) is 3.54. The summed E-state index contributed by atoms with van der Waals surface area (Å²) in [7, 11) is 1.59. The van der Waals surface area contributed by atoms with Crippen LogP contribution in [0.25, 0.3) is 10.9 Å². The van der Waals surface area contributed by atoms with E-state index in [9.17, 15) is 0 Å². The van der Waals surface area contributed by atoms with Gasteiger partial charge in [0, 0.05) is 17.1 Å². The van der Waals surface area contributed by atoms with Crippen LogP contribution in [0.4, 0.5) is 0 Å². The normalized spacial score (nSPS) is 12.2. The molecule has 0 aliphatic carbocycles. The van der Waals surface area contributed by atoms with E-state index in [0.717, 1.165) is 21.2 Å². The van der Waals surface area contributed by atoms with Gasteiger partial charge in [-0.15, -0.1) is 0 Å². The second kappa shape index (κ2) is 2.94. The highest BCUT2D eigenvalue weighted by atomic mass is 16.5. The summed E-state index contributed by atoms with van der Waals surface area (Å²) in [4.78, 5) is 3.12. The zero-order chi connectivity index (χ0) is 9.26. The second-order valence-corrected chi connectivity index (χ2v) is 2.99. The molecule has 2 N–H and O–H groups in total. The summed E-state index contributed by atoms with van der Waals surface area (Å²) in [5.74, 6) is 0. The molecular weight excluding hydrogens is 164 g/mol. The van der Waals surface area contributed by atoms with Gasteiger partial charge in [-0.1, -0.05) is 18.2 Å². The lowest BCUT2D eigenvalue weighted by Gasteiger charge is -1.87. The number of aromatic nitrogens is 1. The molecule has 0 spiro atoms. The molecule has 1 aromatic heterocycles. The molecule has 0 amide bonds. The quantitative estimate of drug-likeness (QED) is 0.294. The van der Waals surface area contributed by atoms with E-state index >= 15 is 0 Å². The molecule has 3 nitrogen and oxygen atoms in total. The number of nitrogens with one attached hydrogen (secondary N) is 1. The van der Waals surface area contributed by atoms with Crippen molar-refractivity contribution in [3.05, 3.63) is 36.0 Å². The van der Waals surface area contributed by atoms with Crippen LogP contribution < -0.4 is 0 Å². The Morgan fingerprint density at radius 2 is 2.15 bits per heavy atom. The topological polar surface area (TPSA) is 39.0 Å². The number of nitrogens with zero attached hydrogens (tertiary/aromatic N) is 1. The number of hydrogen-bond donors (Lipinski definition) is 2. The standard InChI is InChI=1S/C10H10N2O/c1-12(13)7-8-6-11-10-5-3-2-4-9(8)10/h2-7,13H,1H3/p+1. The zero-order valence-electron chi connectivity index (χ0n) is 7.36. The van der Waals surface area contributed by atoms with Crippen LogP contribution in [0.5, 0.6) is 0 Å². The first-order valence-electron chi connectivity index (χ1n) is 4.10. The summed E-state index contributed by atoms with van der Waals surface area (Å²) in [6, 6.07) is 7.97. The van der Waals surface area contributed by atoms with Gasteiger partial charge in [0.2, 0.25) is 6.21 Å². The van der Waals surface area contributed by atoms with Crippen molar-refractivity contribution in [3.63, 3.8) is 0 Å². The van der Waals surface area contributed by atoms with E-state index < -0.39 is 0 Å². The van der Waals surface area contributed by atoms with Crippen LogP contribution in [0, 0.1) is 0 Å². The van der Waals surface area contributed by atoms with E-state index in [1.54, 1.807) is 13.3 Å². The van der Waals surface area contributed by atoms with Crippen molar-refractivity contribution >= 4 is 17.1 Å². The van der Waals surface area contributed by atoms with Crippen molar-refractivity contribution in [1.82, 2.24) is 4.98 Å². The molecule has 2 aromatic rings. The van der Waals surface area contributed by atoms with Crippen LogP contribution in [-0.4, -0.2) is 28.2 Å². The van der Waals surface area contributed by atoms with Crippen molar-refractivity contribution in [2.24, 2.45) is 0 Å². The SMILES string of the molecule is C/[N+](O)=C/c1c[nH]c2ccccc12. The van der Waals surface area contributed by atoms with Crippen LogP contribution in [0.1, 0.15) is 5.56 Å². The highest BCUT2D eigenvalue weighted by Crippen LogP contribution is 2.15. The van der Waals surface area contributed by atoms with Crippen molar-refractivity contribution in [1.29, 1.82) is 0 Å². The second-order valence-electron chi connectivity index (χ2n) is 2.99. The molecule has 3 heteroatoms. The van der Waals surface area contributed by atoms with Crippen molar-refractivity contribution < 1.29 is 9.95 Å². The van der Waals surface area contributed by atoms with Crippen LogP contribution in [0.3, 0.4) is 0 Å². The molecule has 2 rings (SSSR count). The Bertz CT molecular complexity index is 453. The largest absolute Gasteiger partial charge is 0.360 e. The highest BCUT2D eigenvalue weighted by molar-refractivity contribution is 5.97. The maximum atomic E-state index is 9.05. The predicted molar refractivity (Wildman–Crippen MR) is 51.4 cm³/mol. The monoisotopic (exact) mass is 175 g/mol. The molecule has 1 heterocycles. The van der Waals surface area contributed by atoms with E-state index in [2.05, 4.69) is 4.98 Å². The summed E-state index contributed by atoms with van der Waals surface area (Å²) >= 11 is 0. The number of rotatable bonds is 1. The molecule has 0 saturated heterocycles. The molecule has 0 aliphatic rings. The molecule has 66 valence electrons. The van der Waals surface area contributed by atoms with E-state index in [4.69, 9.17) is 5.21 Å². The lowest BCUT2D eigenvalue weighted by molar-refractivity contribution is -0.750. The van der Waals surface area contributed by atoms with Gasteiger partial charge >= 0.3 is 0 Å². The number of hydrogen-bond acceptors (Lipinski definition) is 1. The zero-order valence-corrected chi connectivity index (χ0v) is 7.36. The minimum absolute atomic E-state index is 0.987. The lowest BCUT2D eigenvalue weighted by Crippen LogP contribution is -1.99. The number of aromatic amines is 1. The highest BCUT2D eigenvalue weighted by Gasteiger charge is 2.03. The van der Waals surface area contributed by atoms with Crippen molar-refractivity contribution in [3.8, 4) is 0 Å². The molecule has 0 aliphatic heterocycles. The Morgan fingerprint density at radius 1 is 1.38 bits per heavy atom. The third-order valence-corrected chi connectivity index (χ3v) is 1.95. The molecule has 0 radical (unpaired) electrons. The number of para-hydroxylation sites is 1. The maximum absolute atomic E-state index is 9.05. The van der Waals surface area contributed by atoms with E-state index in [-0.39, 0.29) is 0 Å². The van der Waals surface area contributed by atoms with E-state index in [0.29, 0.717) is 0 Å². The van der Waals surface area contributed by atoms with Crippen molar-refractivity contribution in [2.45, 2.75) is 0 Å². The van der Waals surface area contributed by atoms with E-state index in [1.165, 1.54) is 0 Å². The van der Waals surface area contributed by atoms with Gasteiger partial charge < -0.3 is 4.98 Å². The molecule has 13 heavy (non-hydrogen) atoms. The first kappa shape index (κ1) is 7.86. The maximum Gasteiger partial charge on any atom is 0.224 e. The smallest absolute Gasteiger partial charge is 0.224 e. The molecule has 0 fully saturated rings. The summed E-state index contributed by atoms with van der Waals surface area (Å²) in [5, 5.41) is 10.2. The van der Waals surface area contributed by atoms with E-state index in [1.807, 2.05) is 30.5 Å². The molecule has 0 unspecified atom stereocenters. The third kappa shape index (κ3) is 1.40. The van der Waals surface area contributed by atoms with Gasteiger partial charge in [0.25, 0.3) is 0 Å². The minimum atomic E-state index is 0.987. The molecule has 1 aromatic carbocycles. The average Bonchev–Trinajstić information content (AvgIpc) is 2.48. The average molecular weight is 175 g/mol. The lowest BCUT2D eigenvalue weighted by atomic mass is 10.2. The Kier molecular flexibility index (Phi) is 1.77. The Hall–Kier alpha value is -1.77. The van der Waals surface area contributed by atoms with Crippen LogP contribution in [0.2, 0.25) is 0 Å². The van der Waals surface area contributed by atoms with Gasteiger partial charge in [-0.25, -0.2) is 0 Å². The van der Waals surface area contributed by atoms with Crippen LogP contribution in [0.15, 0.2) is 30.5 Å². The fourth-order valence-corrected chi connectivity index (χ4v) is 1.40. The summed E-state index contributed by atoms with van der Waals surface area (Å²) < 4.78 is 1.05. The molecule has 0 saturated carbocycles. The minimum Gasteiger partial charge on any atom is -0.360 e. The fraction of sp³-hybridized carbons (Fsp3) is 0.100. The van der Waals surface area contributed by atoms with Gasteiger partial charge in [0.15, 0.2) is 7.05 Å². The van der Waals surface area contributed by atoms with Crippen molar-refractivity contribution in [2.75, 3.05) is 7.05 Å². The Balaban J connectivity index is 2.65. The molecule has 0 atom stereocenters. The first-order chi connectivity index (χ1) is 6.27. The van der Waals surface area contributed by atoms with Gasteiger partial charge in [-0.2, -0.15) is 0 Å². The van der Waals surface area contributed by atoms with Gasteiger partial charge in [-0.3, -0.25) is 5.21 Å². The third-order valence-electron chi connectivity index (χ3n) is 1.95. The van der Waals surface area contributed by atoms with Gasteiger partial charge in [0.05, 0.1) is 5.56 Å². The van der Waals surface area contributed by atoms with Crippen LogP contribution >= 0.6 is 0 Å². The number of hydroxylamine groups is 1. The number of H-pyrrole nitrogens is 1. The van der Waals surface area contributed by atoms with Crippen LogP contribution in [-0.2, 0) is 0 Å². The summed E-state index contributed by atoms with van der Waals surface area (Å²) in [6.45, 7) is 0. The number of fused-ring (bicyclic) bond motifs is 1. The van der Waals surface area contributed by atoms with Gasteiger partial charge in [-0.05, 0) is 10.8 Å². The molecule has 0 bridgehead atoms. The first-order valence-corrected chi connectivity index (χ1v) is 4.10. The fourth-order valence-electron chi connectivity index (χ4n) is 1.40. The number of benzene rings is 1.